The predicted octanol–water partition coefficient (Wildman–Crippen LogP) is 1.75. The molecule has 1 atom stereocenters. The van der Waals surface area contributed by atoms with Crippen molar-refractivity contribution < 1.29 is 14.3 Å². The molecule has 1 aromatic carbocycles. The van der Waals surface area contributed by atoms with Crippen molar-refractivity contribution in [2.45, 2.75) is 32.3 Å². The molecule has 5 nitrogen and oxygen atoms in total. The number of nitrogens with zero attached hydrogens (tertiary/aromatic N) is 2. The summed E-state index contributed by atoms with van der Waals surface area (Å²) < 4.78 is 5.48. The summed E-state index contributed by atoms with van der Waals surface area (Å²) >= 11 is 0. The van der Waals surface area contributed by atoms with Gasteiger partial charge in [0.05, 0.1) is 6.54 Å². The van der Waals surface area contributed by atoms with Gasteiger partial charge in [-0.15, -0.1) is 0 Å². The third-order valence-electron chi connectivity index (χ3n) is 4.94. The average Bonchev–Trinajstić information content (AvgIpc) is 3.16. The Morgan fingerprint density at radius 2 is 1.83 bits per heavy atom. The first-order valence-electron chi connectivity index (χ1n) is 8.92. The number of carbonyl (C=O) groups is 2. The molecular weight excluding hydrogens is 304 g/mol. The maximum atomic E-state index is 12.4. The number of Topliss-reactive ketones (excluding diaryl/α,β-unsaturated/α-hetero) is 1. The molecule has 0 spiro atoms. The highest BCUT2D eigenvalue weighted by Gasteiger charge is 2.30. The van der Waals surface area contributed by atoms with Crippen LogP contribution in [0.5, 0.6) is 0 Å². The van der Waals surface area contributed by atoms with E-state index in [-0.39, 0.29) is 17.8 Å². The number of rotatable bonds is 5. The van der Waals surface area contributed by atoms with E-state index in [9.17, 15) is 9.59 Å². The summed E-state index contributed by atoms with van der Waals surface area (Å²) in [5.41, 5.74) is 2.01. The number of ether oxygens (including phenoxy) is 1. The van der Waals surface area contributed by atoms with Crippen LogP contribution in [0.1, 0.15) is 35.7 Å². The maximum absolute atomic E-state index is 12.4. The molecule has 0 bridgehead atoms. The predicted molar refractivity (Wildman–Crippen MR) is 92.1 cm³/mol. The zero-order valence-electron chi connectivity index (χ0n) is 14.4. The number of amides is 1. The fourth-order valence-electron chi connectivity index (χ4n) is 3.32. The van der Waals surface area contributed by atoms with Gasteiger partial charge in [-0.3, -0.25) is 14.5 Å². The van der Waals surface area contributed by atoms with E-state index in [1.807, 2.05) is 29.2 Å². The minimum atomic E-state index is -0.240. The zero-order valence-corrected chi connectivity index (χ0v) is 14.4. The van der Waals surface area contributed by atoms with Crippen LogP contribution in [0.3, 0.4) is 0 Å². The Bertz CT molecular complexity index is 571. The molecule has 2 heterocycles. The average molecular weight is 330 g/mol. The molecule has 0 radical (unpaired) electrons. The largest absolute Gasteiger partial charge is 0.368 e. The Morgan fingerprint density at radius 3 is 2.42 bits per heavy atom. The van der Waals surface area contributed by atoms with E-state index in [1.165, 1.54) is 5.56 Å². The van der Waals surface area contributed by atoms with E-state index < -0.39 is 0 Å². The number of piperazine rings is 1. The molecule has 2 aliphatic heterocycles. The molecule has 1 unspecified atom stereocenters. The Kier molecular flexibility index (Phi) is 5.63. The molecule has 24 heavy (non-hydrogen) atoms. The summed E-state index contributed by atoms with van der Waals surface area (Å²) in [6, 6.07) is 7.87. The van der Waals surface area contributed by atoms with Crippen LogP contribution >= 0.6 is 0 Å². The van der Waals surface area contributed by atoms with Crippen LogP contribution in [0.25, 0.3) is 0 Å². The van der Waals surface area contributed by atoms with Crippen molar-refractivity contribution in [2.75, 3.05) is 39.3 Å². The molecular formula is C19H26N2O3. The minimum Gasteiger partial charge on any atom is -0.368 e. The first-order chi connectivity index (χ1) is 11.7. The fourth-order valence-corrected chi connectivity index (χ4v) is 3.32. The van der Waals surface area contributed by atoms with Gasteiger partial charge in [0.2, 0.25) is 0 Å². The van der Waals surface area contributed by atoms with Crippen molar-refractivity contribution >= 4 is 11.7 Å². The molecule has 0 N–H and O–H groups in total. The fraction of sp³-hybridized carbons (Fsp3) is 0.579. The highest BCUT2D eigenvalue weighted by atomic mass is 16.5. The lowest BCUT2D eigenvalue weighted by molar-refractivity contribution is -0.142. The van der Waals surface area contributed by atoms with Gasteiger partial charge in [0.15, 0.2) is 5.78 Å². The van der Waals surface area contributed by atoms with Crippen LogP contribution in [-0.4, -0.2) is 66.9 Å². The normalized spacial score (nSPS) is 21.9. The van der Waals surface area contributed by atoms with E-state index >= 15 is 0 Å². The topological polar surface area (TPSA) is 49.9 Å². The van der Waals surface area contributed by atoms with Gasteiger partial charge >= 0.3 is 0 Å². The Balaban J connectivity index is 1.47. The second kappa shape index (κ2) is 7.90. The van der Waals surface area contributed by atoms with Crippen LogP contribution in [0.4, 0.5) is 0 Å². The molecule has 2 fully saturated rings. The standard InChI is InChI=1S/C19H26N2O3/c1-2-15-5-7-16(8-6-15)17(22)14-20-9-11-21(12-10-20)19(23)18-4-3-13-24-18/h5-8,18H,2-4,9-14H2,1H3. The molecule has 0 aliphatic carbocycles. The highest BCUT2D eigenvalue weighted by Crippen LogP contribution is 2.16. The number of aryl methyl sites for hydroxylation is 1. The molecule has 1 aromatic rings. The molecule has 0 aromatic heterocycles. The lowest BCUT2D eigenvalue weighted by Crippen LogP contribution is -2.52. The van der Waals surface area contributed by atoms with Crippen molar-refractivity contribution in [2.24, 2.45) is 0 Å². The van der Waals surface area contributed by atoms with Crippen LogP contribution in [0.15, 0.2) is 24.3 Å². The first kappa shape index (κ1) is 17.1. The molecule has 3 rings (SSSR count). The zero-order chi connectivity index (χ0) is 16.9. The van der Waals surface area contributed by atoms with Crippen LogP contribution in [0.2, 0.25) is 0 Å². The molecule has 0 saturated carbocycles. The molecule has 5 heteroatoms. The van der Waals surface area contributed by atoms with Gasteiger partial charge in [-0.25, -0.2) is 0 Å². The second-order valence-electron chi connectivity index (χ2n) is 6.58. The van der Waals surface area contributed by atoms with Gasteiger partial charge in [-0.1, -0.05) is 31.2 Å². The summed E-state index contributed by atoms with van der Waals surface area (Å²) in [4.78, 5) is 28.7. The van der Waals surface area contributed by atoms with E-state index in [2.05, 4.69) is 11.8 Å². The molecule has 2 aliphatic rings. The lowest BCUT2D eigenvalue weighted by Gasteiger charge is -2.35. The van der Waals surface area contributed by atoms with Gasteiger partial charge in [-0.05, 0) is 24.8 Å². The van der Waals surface area contributed by atoms with Crippen LogP contribution < -0.4 is 0 Å². The Hall–Kier alpha value is -1.72. The van der Waals surface area contributed by atoms with Crippen LogP contribution in [-0.2, 0) is 16.0 Å². The minimum absolute atomic E-state index is 0.119. The summed E-state index contributed by atoms with van der Waals surface area (Å²) in [6.07, 6.45) is 2.55. The third kappa shape index (κ3) is 4.02. The lowest BCUT2D eigenvalue weighted by atomic mass is 10.1. The quantitative estimate of drug-likeness (QED) is 0.772. The van der Waals surface area contributed by atoms with Crippen molar-refractivity contribution in [1.82, 2.24) is 9.80 Å². The van der Waals surface area contributed by atoms with Crippen LogP contribution in [0, 0.1) is 0 Å². The molecule has 2 saturated heterocycles. The van der Waals surface area contributed by atoms with Gasteiger partial charge in [-0.2, -0.15) is 0 Å². The van der Waals surface area contributed by atoms with Gasteiger partial charge in [0.25, 0.3) is 5.91 Å². The Morgan fingerprint density at radius 1 is 1.12 bits per heavy atom. The number of hydrogen-bond acceptors (Lipinski definition) is 4. The van der Waals surface area contributed by atoms with E-state index in [4.69, 9.17) is 4.74 Å². The van der Waals surface area contributed by atoms with Gasteiger partial charge < -0.3 is 9.64 Å². The third-order valence-corrected chi connectivity index (χ3v) is 4.94. The smallest absolute Gasteiger partial charge is 0.251 e. The first-order valence-corrected chi connectivity index (χ1v) is 8.92. The maximum Gasteiger partial charge on any atom is 0.251 e. The summed E-state index contributed by atoms with van der Waals surface area (Å²) in [6.45, 7) is 6.08. The molecule has 1 amide bonds. The van der Waals surface area contributed by atoms with E-state index in [0.717, 1.165) is 37.9 Å². The van der Waals surface area contributed by atoms with Crippen molar-refractivity contribution in [3.05, 3.63) is 35.4 Å². The summed E-state index contributed by atoms with van der Waals surface area (Å²) in [5.74, 6) is 0.269. The Labute approximate surface area is 143 Å². The number of benzene rings is 1. The summed E-state index contributed by atoms with van der Waals surface area (Å²) in [7, 11) is 0. The number of carbonyl (C=O) groups excluding carboxylic acids is 2. The summed E-state index contributed by atoms with van der Waals surface area (Å²) in [5, 5.41) is 0. The van der Waals surface area contributed by atoms with Crippen molar-refractivity contribution in [3.63, 3.8) is 0 Å². The monoisotopic (exact) mass is 330 g/mol. The van der Waals surface area contributed by atoms with Crippen molar-refractivity contribution in [1.29, 1.82) is 0 Å². The van der Waals surface area contributed by atoms with E-state index in [0.29, 0.717) is 26.2 Å². The highest BCUT2D eigenvalue weighted by molar-refractivity contribution is 5.97. The second-order valence-corrected chi connectivity index (χ2v) is 6.58. The SMILES string of the molecule is CCc1ccc(C(=O)CN2CCN(C(=O)C3CCCO3)CC2)cc1. The molecule has 130 valence electrons. The van der Waals surface area contributed by atoms with Gasteiger partial charge in [0.1, 0.15) is 6.10 Å². The van der Waals surface area contributed by atoms with Gasteiger partial charge in [0, 0.05) is 38.3 Å². The van der Waals surface area contributed by atoms with Crippen molar-refractivity contribution in [3.8, 4) is 0 Å². The van der Waals surface area contributed by atoms with E-state index in [1.54, 1.807) is 0 Å². The number of ketones is 1. The number of hydrogen-bond donors (Lipinski definition) is 0.